The van der Waals surface area contributed by atoms with Crippen molar-refractivity contribution in [3.8, 4) is 22.5 Å². The Bertz CT molecular complexity index is 569. The molecule has 0 amide bonds. The lowest BCUT2D eigenvalue weighted by Crippen LogP contribution is -2.04. The standard InChI is InChI=1S/C12H9N3S/c1-2-4-9(5-3-1)11-12(14-15-13-11)10-6-7-16-8-10/h1-8H,(H,13,14,15)/p+1. The smallest absolute Gasteiger partial charge is 0.168 e. The lowest BCUT2D eigenvalue weighted by atomic mass is 10.1. The van der Waals surface area contributed by atoms with E-state index < -0.39 is 0 Å². The molecule has 0 spiro atoms. The molecule has 16 heavy (non-hydrogen) atoms. The van der Waals surface area contributed by atoms with Crippen molar-refractivity contribution in [2.24, 2.45) is 0 Å². The number of thiophene rings is 1. The van der Waals surface area contributed by atoms with Crippen molar-refractivity contribution in [1.29, 1.82) is 0 Å². The molecule has 0 saturated heterocycles. The molecule has 0 bridgehead atoms. The van der Waals surface area contributed by atoms with Crippen LogP contribution in [-0.4, -0.2) is 10.3 Å². The second-order valence-electron chi connectivity index (χ2n) is 3.45. The summed E-state index contributed by atoms with van der Waals surface area (Å²) in [5, 5.41) is 14.3. The molecule has 4 heteroatoms. The van der Waals surface area contributed by atoms with Crippen molar-refractivity contribution < 1.29 is 5.10 Å². The van der Waals surface area contributed by atoms with Crippen LogP contribution in [0.1, 0.15) is 0 Å². The molecule has 0 fully saturated rings. The third-order valence-corrected chi connectivity index (χ3v) is 3.13. The van der Waals surface area contributed by atoms with Gasteiger partial charge in [0.05, 0.1) is 0 Å². The molecule has 1 aromatic carbocycles. The lowest BCUT2D eigenvalue weighted by molar-refractivity contribution is -0.443. The average molecular weight is 228 g/mol. The SMILES string of the molecule is c1ccc(-c2n[nH][nH+]c2-c2ccsc2)cc1. The zero-order valence-electron chi connectivity index (χ0n) is 8.47. The molecule has 2 aromatic heterocycles. The van der Waals surface area contributed by atoms with Crippen LogP contribution in [0.15, 0.2) is 47.2 Å². The van der Waals surface area contributed by atoms with Crippen LogP contribution in [0.3, 0.4) is 0 Å². The van der Waals surface area contributed by atoms with Gasteiger partial charge in [-0.05, 0) is 11.4 Å². The molecule has 3 rings (SSSR count). The molecular formula is C12H10N3S+. The Labute approximate surface area is 96.8 Å². The number of rotatable bonds is 2. The first kappa shape index (κ1) is 9.30. The highest BCUT2D eigenvalue weighted by Gasteiger charge is 2.18. The van der Waals surface area contributed by atoms with Crippen molar-refractivity contribution in [3.63, 3.8) is 0 Å². The first-order chi connectivity index (χ1) is 7.95. The molecule has 2 heterocycles. The second kappa shape index (κ2) is 3.90. The van der Waals surface area contributed by atoms with Gasteiger partial charge >= 0.3 is 0 Å². The molecule has 2 N–H and O–H groups in total. The zero-order chi connectivity index (χ0) is 10.8. The molecule has 3 aromatic rings. The number of aromatic amines is 2. The predicted octanol–water partition coefficient (Wildman–Crippen LogP) is 2.62. The minimum atomic E-state index is 0.957. The summed E-state index contributed by atoms with van der Waals surface area (Å²) in [7, 11) is 0. The highest BCUT2D eigenvalue weighted by atomic mass is 32.1. The number of aromatic nitrogens is 3. The number of hydrogen-bond acceptors (Lipinski definition) is 2. The summed E-state index contributed by atoms with van der Waals surface area (Å²) in [6.45, 7) is 0. The van der Waals surface area contributed by atoms with Gasteiger partial charge in [-0.2, -0.15) is 16.4 Å². The summed E-state index contributed by atoms with van der Waals surface area (Å²) in [4.78, 5) is 0. The normalized spacial score (nSPS) is 10.5. The summed E-state index contributed by atoms with van der Waals surface area (Å²) in [5.74, 6) is 0. The first-order valence-electron chi connectivity index (χ1n) is 4.99. The largest absolute Gasteiger partial charge is 0.256 e. The van der Waals surface area contributed by atoms with Gasteiger partial charge in [-0.25, -0.2) is 0 Å². The van der Waals surface area contributed by atoms with E-state index in [0.29, 0.717) is 0 Å². The van der Waals surface area contributed by atoms with E-state index >= 15 is 0 Å². The number of H-pyrrole nitrogens is 2. The summed E-state index contributed by atoms with van der Waals surface area (Å²) in [6.07, 6.45) is 0. The van der Waals surface area contributed by atoms with Gasteiger partial charge in [0.2, 0.25) is 5.69 Å². The first-order valence-corrected chi connectivity index (χ1v) is 5.93. The molecule has 0 saturated carbocycles. The monoisotopic (exact) mass is 228 g/mol. The Morgan fingerprint density at radius 3 is 2.69 bits per heavy atom. The predicted molar refractivity (Wildman–Crippen MR) is 63.9 cm³/mol. The van der Waals surface area contributed by atoms with Crippen molar-refractivity contribution in [2.75, 3.05) is 0 Å². The van der Waals surface area contributed by atoms with Crippen molar-refractivity contribution in [2.45, 2.75) is 0 Å². The van der Waals surface area contributed by atoms with Crippen LogP contribution < -0.4 is 5.10 Å². The number of benzene rings is 1. The van der Waals surface area contributed by atoms with Crippen LogP contribution in [0.5, 0.6) is 0 Å². The van der Waals surface area contributed by atoms with E-state index in [1.807, 2.05) is 18.2 Å². The second-order valence-corrected chi connectivity index (χ2v) is 4.23. The maximum absolute atomic E-state index is 4.27. The summed E-state index contributed by atoms with van der Waals surface area (Å²) in [5.41, 5.74) is 4.27. The van der Waals surface area contributed by atoms with Crippen LogP contribution in [0.25, 0.3) is 22.5 Å². The van der Waals surface area contributed by atoms with Crippen LogP contribution in [0.2, 0.25) is 0 Å². The molecule has 0 unspecified atom stereocenters. The molecule has 0 atom stereocenters. The highest BCUT2D eigenvalue weighted by Crippen LogP contribution is 2.27. The van der Waals surface area contributed by atoms with E-state index in [9.17, 15) is 0 Å². The van der Waals surface area contributed by atoms with Gasteiger partial charge in [-0.1, -0.05) is 35.5 Å². The fraction of sp³-hybridized carbons (Fsp3) is 0. The molecule has 0 aliphatic carbocycles. The van der Waals surface area contributed by atoms with E-state index in [2.05, 4.69) is 44.4 Å². The minimum Gasteiger partial charge on any atom is -0.168 e. The van der Waals surface area contributed by atoms with Crippen LogP contribution >= 0.6 is 11.3 Å². The zero-order valence-corrected chi connectivity index (χ0v) is 9.29. The maximum atomic E-state index is 4.27. The summed E-state index contributed by atoms with van der Waals surface area (Å²) < 4.78 is 0. The van der Waals surface area contributed by atoms with Crippen LogP contribution in [0.4, 0.5) is 0 Å². The van der Waals surface area contributed by atoms with E-state index in [1.54, 1.807) is 11.3 Å². The number of nitrogens with zero attached hydrogens (tertiary/aromatic N) is 1. The van der Waals surface area contributed by atoms with E-state index in [4.69, 9.17) is 0 Å². The van der Waals surface area contributed by atoms with Crippen LogP contribution in [0, 0.1) is 0 Å². The number of hydrogen-bond donors (Lipinski definition) is 1. The van der Waals surface area contributed by atoms with Gasteiger partial charge in [0.1, 0.15) is 0 Å². The Morgan fingerprint density at radius 2 is 1.94 bits per heavy atom. The Hall–Kier alpha value is -1.94. The minimum absolute atomic E-state index is 0.957. The van der Waals surface area contributed by atoms with Crippen molar-refractivity contribution >= 4 is 11.3 Å². The van der Waals surface area contributed by atoms with Gasteiger partial charge in [-0.15, -0.1) is 0 Å². The Kier molecular flexibility index (Phi) is 2.27. The topological polar surface area (TPSA) is 42.8 Å². The summed E-state index contributed by atoms with van der Waals surface area (Å²) >= 11 is 1.68. The molecule has 0 aliphatic rings. The van der Waals surface area contributed by atoms with Gasteiger partial charge in [0, 0.05) is 21.6 Å². The van der Waals surface area contributed by atoms with Crippen molar-refractivity contribution in [1.82, 2.24) is 10.3 Å². The molecule has 78 valence electrons. The summed E-state index contributed by atoms with van der Waals surface area (Å²) in [6, 6.07) is 12.2. The Balaban J connectivity index is 2.14. The molecule has 0 aliphatic heterocycles. The fourth-order valence-corrected chi connectivity index (χ4v) is 2.32. The lowest BCUT2D eigenvalue weighted by Gasteiger charge is -1.92. The fourth-order valence-electron chi connectivity index (χ4n) is 1.68. The van der Waals surface area contributed by atoms with E-state index in [-0.39, 0.29) is 0 Å². The molecule has 3 nitrogen and oxygen atoms in total. The third-order valence-electron chi connectivity index (χ3n) is 2.44. The van der Waals surface area contributed by atoms with Gasteiger partial charge in [-0.3, -0.25) is 0 Å². The van der Waals surface area contributed by atoms with Gasteiger partial charge in [0.15, 0.2) is 0 Å². The van der Waals surface area contributed by atoms with E-state index in [1.165, 1.54) is 0 Å². The molecule has 0 radical (unpaired) electrons. The van der Waals surface area contributed by atoms with Gasteiger partial charge in [0.25, 0.3) is 5.69 Å². The van der Waals surface area contributed by atoms with Crippen molar-refractivity contribution in [3.05, 3.63) is 47.2 Å². The maximum Gasteiger partial charge on any atom is 0.256 e. The quantitative estimate of drug-likeness (QED) is 0.719. The average Bonchev–Trinajstić information content (AvgIpc) is 3.01. The van der Waals surface area contributed by atoms with Crippen LogP contribution in [-0.2, 0) is 0 Å². The van der Waals surface area contributed by atoms with Gasteiger partial charge < -0.3 is 0 Å². The highest BCUT2D eigenvalue weighted by molar-refractivity contribution is 7.08. The number of nitrogens with one attached hydrogen (secondary N) is 2. The Morgan fingerprint density at radius 1 is 1.06 bits per heavy atom. The third kappa shape index (κ3) is 1.53. The molecular weight excluding hydrogens is 218 g/mol. The van der Waals surface area contributed by atoms with E-state index in [0.717, 1.165) is 22.5 Å².